The van der Waals surface area contributed by atoms with Crippen molar-refractivity contribution < 1.29 is 20.1 Å². The fourth-order valence-corrected chi connectivity index (χ4v) is 1.74. The fourth-order valence-electron chi connectivity index (χ4n) is 1.74. The molecule has 0 aromatic carbocycles. The highest BCUT2D eigenvalue weighted by Gasteiger charge is 2.43. The summed E-state index contributed by atoms with van der Waals surface area (Å²) >= 11 is 0. The van der Waals surface area contributed by atoms with Crippen molar-refractivity contribution >= 4 is 0 Å². The van der Waals surface area contributed by atoms with Crippen molar-refractivity contribution in [3.63, 3.8) is 0 Å². The molecule has 0 unspecified atom stereocenters. The monoisotopic (exact) mass is 245 g/mol. The van der Waals surface area contributed by atoms with Crippen LogP contribution in [0.5, 0.6) is 0 Å². The summed E-state index contributed by atoms with van der Waals surface area (Å²) in [5, 5.41) is 28.1. The Morgan fingerprint density at radius 2 is 2.06 bits per heavy atom. The van der Waals surface area contributed by atoms with Crippen LogP contribution < -0.4 is 11.2 Å². The third-order valence-electron chi connectivity index (χ3n) is 2.64. The van der Waals surface area contributed by atoms with Crippen molar-refractivity contribution in [2.45, 2.75) is 24.5 Å². The predicted molar refractivity (Wildman–Crippen MR) is 54.3 cm³/mol. The van der Waals surface area contributed by atoms with Gasteiger partial charge in [-0.3, -0.25) is 14.3 Å². The van der Waals surface area contributed by atoms with Crippen molar-refractivity contribution in [3.8, 4) is 0 Å². The molecule has 0 amide bonds. The molecule has 1 aromatic heterocycles. The molecule has 0 aliphatic carbocycles. The van der Waals surface area contributed by atoms with Gasteiger partial charge in [0, 0.05) is 12.3 Å². The van der Waals surface area contributed by atoms with Crippen molar-refractivity contribution in [1.82, 2.24) is 9.55 Å². The van der Waals surface area contributed by atoms with Crippen LogP contribution in [0, 0.1) is 0 Å². The second-order valence-corrected chi connectivity index (χ2v) is 3.75. The Morgan fingerprint density at radius 3 is 2.59 bits per heavy atom. The number of nitrogens with zero attached hydrogens (tertiary/aromatic N) is 1. The predicted octanol–water partition coefficient (Wildman–Crippen LogP) is -2.85. The highest BCUT2D eigenvalue weighted by Crippen LogP contribution is 2.27. The van der Waals surface area contributed by atoms with Gasteiger partial charge in [-0.15, -0.1) is 0 Å². The second-order valence-electron chi connectivity index (χ2n) is 3.75. The molecule has 94 valence electrons. The third-order valence-corrected chi connectivity index (χ3v) is 2.64. The molecule has 4 atom stereocenters. The van der Waals surface area contributed by atoms with Gasteiger partial charge in [0.05, 0.1) is 6.61 Å². The molecule has 0 spiro atoms. The number of aromatic nitrogens is 2. The fraction of sp³-hybridized carbons (Fsp3) is 0.556. The van der Waals surface area contributed by atoms with Crippen molar-refractivity contribution in [1.29, 1.82) is 0 Å². The lowest BCUT2D eigenvalue weighted by Gasteiger charge is -2.16. The van der Waals surface area contributed by atoms with E-state index in [1.807, 2.05) is 4.98 Å². The van der Waals surface area contributed by atoms with E-state index in [9.17, 15) is 19.8 Å². The first-order chi connectivity index (χ1) is 8.04. The minimum atomic E-state index is -1.35. The Balaban J connectivity index is 2.35. The van der Waals surface area contributed by atoms with Gasteiger partial charge < -0.3 is 20.1 Å². The standard InChI is InChI=1S/C9H12N2O6/c12-3-4-6(14)7(15)8(17-4)11-2-1-5(13)10-9(11)16/h1-2,4,6-8,12,14-15H,3H2,(H,10,13,16)/t4-,6-,7-,8-/m1/s1/i8+1. The number of aliphatic hydroxyl groups is 3. The summed E-state index contributed by atoms with van der Waals surface area (Å²) in [4.78, 5) is 24.3. The average Bonchev–Trinajstić information content (AvgIpc) is 2.57. The SMILES string of the molecule is O=c1ccn([13C@@H]2O[C@H](CO)[C@@H](O)[C@H]2O)c(=O)[nH]1. The molecule has 1 saturated heterocycles. The maximum Gasteiger partial charge on any atom is 0.330 e. The van der Waals surface area contributed by atoms with Gasteiger partial charge in [0.2, 0.25) is 0 Å². The molecule has 8 heteroatoms. The maximum atomic E-state index is 11.4. The molecule has 1 aliphatic rings. The number of aliphatic hydroxyl groups excluding tert-OH is 3. The van der Waals surface area contributed by atoms with Crippen LogP contribution in [0.2, 0.25) is 0 Å². The van der Waals surface area contributed by atoms with E-state index in [0.29, 0.717) is 0 Å². The Hall–Kier alpha value is -1.48. The van der Waals surface area contributed by atoms with Gasteiger partial charge in [-0.25, -0.2) is 4.79 Å². The van der Waals surface area contributed by atoms with Crippen LogP contribution in [-0.4, -0.2) is 49.8 Å². The van der Waals surface area contributed by atoms with E-state index in [4.69, 9.17) is 9.84 Å². The van der Waals surface area contributed by atoms with Crippen LogP contribution >= 0.6 is 0 Å². The Labute approximate surface area is 94.7 Å². The number of H-pyrrole nitrogens is 1. The molecule has 2 rings (SSSR count). The van der Waals surface area contributed by atoms with E-state index in [2.05, 4.69) is 0 Å². The summed E-state index contributed by atoms with van der Waals surface area (Å²) < 4.78 is 6.08. The number of rotatable bonds is 2. The normalized spacial score (nSPS) is 32.9. The van der Waals surface area contributed by atoms with Gasteiger partial charge in [-0.05, 0) is 0 Å². The Kier molecular flexibility index (Phi) is 3.11. The number of aromatic amines is 1. The third kappa shape index (κ3) is 2.03. The summed E-state index contributed by atoms with van der Waals surface area (Å²) in [6.45, 7) is -0.479. The molecular formula is C9H12N2O6. The van der Waals surface area contributed by atoms with E-state index in [0.717, 1.165) is 16.8 Å². The minimum absolute atomic E-state index is 0.479. The molecule has 17 heavy (non-hydrogen) atoms. The topological polar surface area (TPSA) is 125 Å². The van der Waals surface area contributed by atoms with Crippen molar-refractivity contribution in [2.24, 2.45) is 0 Å². The largest absolute Gasteiger partial charge is 0.394 e. The Bertz CT molecular complexity index is 509. The average molecular weight is 245 g/mol. The van der Waals surface area contributed by atoms with Crippen LogP contribution in [0.4, 0.5) is 0 Å². The van der Waals surface area contributed by atoms with Crippen LogP contribution in [-0.2, 0) is 4.74 Å². The molecule has 4 N–H and O–H groups in total. The molecule has 0 bridgehead atoms. The van der Waals surface area contributed by atoms with Gasteiger partial charge in [-0.2, -0.15) is 0 Å². The number of hydrogen-bond acceptors (Lipinski definition) is 6. The first-order valence-electron chi connectivity index (χ1n) is 4.98. The number of nitrogens with one attached hydrogen (secondary N) is 1. The Morgan fingerprint density at radius 1 is 1.35 bits per heavy atom. The molecule has 1 aliphatic heterocycles. The lowest BCUT2D eigenvalue weighted by molar-refractivity contribution is -0.0550. The molecular weight excluding hydrogens is 233 g/mol. The highest BCUT2D eigenvalue weighted by molar-refractivity contribution is 4.92. The number of hydrogen-bond donors (Lipinski definition) is 4. The number of ether oxygens (including phenoxy) is 1. The van der Waals surface area contributed by atoms with Gasteiger partial charge >= 0.3 is 5.69 Å². The first kappa shape index (κ1) is 12.0. The second kappa shape index (κ2) is 4.41. The summed E-state index contributed by atoms with van der Waals surface area (Å²) in [5.41, 5.74) is -1.33. The van der Waals surface area contributed by atoms with E-state index in [-0.39, 0.29) is 0 Å². The lowest BCUT2D eigenvalue weighted by atomic mass is 10.2. The molecule has 0 radical (unpaired) electrons. The van der Waals surface area contributed by atoms with E-state index in [1.165, 1.54) is 0 Å². The molecule has 2 heterocycles. The minimum Gasteiger partial charge on any atom is -0.394 e. The van der Waals surface area contributed by atoms with Crippen LogP contribution in [0.1, 0.15) is 6.23 Å². The zero-order valence-electron chi connectivity index (χ0n) is 8.68. The van der Waals surface area contributed by atoms with E-state index in [1.54, 1.807) is 0 Å². The van der Waals surface area contributed by atoms with Gasteiger partial charge in [0.25, 0.3) is 5.56 Å². The van der Waals surface area contributed by atoms with Crippen molar-refractivity contribution in [2.75, 3.05) is 6.61 Å². The van der Waals surface area contributed by atoms with Gasteiger partial charge in [-0.1, -0.05) is 0 Å². The van der Waals surface area contributed by atoms with Gasteiger partial charge in [0.1, 0.15) is 18.3 Å². The van der Waals surface area contributed by atoms with E-state index >= 15 is 0 Å². The summed E-state index contributed by atoms with van der Waals surface area (Å²) in [5.74, 6) is 0. The molecule has 0 saturated carbocycles. The van der Waals surface area contributed by atoms with Crippen LogP contribution in [0.15, 0.2) is 21.9 Å². The smallest absolute Gasteiger partial charge is 0.330 e. The summed E-state index contributed by atoms with van der Waals surface area (Å²) in [6, 6.07) is 1.09. The maximum absolute atomic E-state index is 11.4. The summed E-state index contributed by atoms with van der Waals surface area (Å²) in [7, 11) is 0. The van der Waals surface area contributed by atoms with E-state index < -0.39 is 42.4 Å². The first-order valence-corrected chi connectivity index (χ1v) is 4.98. The highest BCUT2D eigenvalue weighted by atomic mass is 16.6. The molecule has 1 aromatic rings. The van der Waals surface area contributed by atoms with Gasteiger partial charge in [0.15, 0.2) is 6.23 Å². The van der Waals surface area contributed by atoms with Crippen molar-refractivity contribution in [3.05, 3.63) is 33.1 Å². The lowest BCUT2D eigenvalue weighted by Crippen LogP contribution is -2.37. The molecule has 1 fully saturated rings. The quantitative estimate of drug-likeness (QED) is 0.416. The van der Waals surface area contributed by atoms with Crippen LogP contribution in [0.3, 0.4) is 0 Å². The zero-order chi connectivity index (χ0) is 12.6. The molecule has 8 nitrogen and oxygen atoms in total. The summed E-state index contributed by atoms with van der Waals surface area (Å²) in [6.07, 6.45) is -3.58. The van der Waals surface area contributed by atoms with Crippen LogP contribution in [0.25, 0.3) is 0 Å². The zero-order valence-corrected chi connectivity index (χ0v) is 8.68.